The van der Waals surface area contributed by atoms with Crippen LogP contribution < -0.4 is 0 Å². The molecular weight excluding hydrogens is 347 g/mol. The highest BCUT2D eigenvalue weighted by atomic mass is 19.4. The van der Waals surface area contributed by atoms with Gasteiger partial charge >= 0.3 is 12.1 Å². The normalized spacial score (nSPS) is 20.2. The molecule has 0 amide bonds. The highest BCUT2D eigenvalue weighted by molar-refractivity contribution is 5.91. The second-order valence-corrected chi connectivity index (χ2v) is 6.70. The van der Waals surface area contributed by atoms with Gasteiger partial charge in [0.05, 0.1) is 17.9 Å². The number of ether oxygens (including phenoxy) is 2. The van der Waals surface area contributed by atoms with Gasteiger partial charge in [-0.05, 0) is 37.0 Å². The van der Waals surface area contributed by atoms with E-state index in [1.807, 2.05) is 6.92 Å². The SMILES string of the molecule is CCCCC1(OC(C)=O)OCCc2c1[nH]c1c(C)ccc(C(F)(F)F)c21. The summed E-state index contributed by atoms with van der Waals surface area (Å²) in [5.41, 5.74) is 1.41. The second kappa shape index (κ2) is 6.61. The summed E-state index contributed by atoms with van der Waals surface area (Å²) in [6.07, 6.45) is -2.18. The zero-order chi connectivity index (χ0) is 19.1. The molecule has 1 aliphatic rings. The maximum absolute atomic E-state index is 13.6. The molecule has 0 radical (unpaired) electrons. The van der Waals surface area contributed by atoms with Crippen molar-refractivity contribution in [3.63, 3.8) is 0 Å². The molecular formula is C19H22F3NO3. The number of carbonyl (C=O) groups is 1. The van der Waals surface area contributed by atoms with Crippen LogP contribution in [0.25, 0.3) is 10.9 Å². The van der Waals surface area contributed by atoms with Crippen LogP contribution in [0.1, 0.15) is 55.5 Å². The molecule has 1 aromatic carbocycles. The van der Waals surface area contributed by atoms with Gasteiger partial charge in [0.15, 0.2) is 0 Å². The van der Waals surface area contributed by atoms with Crippen LogP contribution in [0.5, 0.6) is 0 Å². The third-order valence-electron chi connectivity index (χ3n) is 4.81. The first-order valence-corrected chi connectivity index (χ1v) is 8.75. The number of hydrogen-bond acceptors (Lipinski definition) is 3. The number of halogens is 3. The fourth-order valence-electron chi connectivity index (χ4n) is 3.68. The molecule has 1 atom stereocenters. The lowest BCUT2D eigenvalue weighted by atomic mass is 9.93. The largest absolute Gasteiger partial charge is 0.427 e. The average molecular weight is 369 g/mol. The summed E-state index contributed by atoms with van der Waals surface area (Å²) in [7, 11) is 0. The van der Waals surface area contributed by atoms with E-state index in [9.17, 15) is 18.0 Å². The molecule has 1 aromatic heterocycles. The van der Waals surface area contributed by atoms with Gasteiger partial charge in [0.2, 0.25) is 0 Å². The zero-order valence-corrected chi connectivity index (χ0v) is 15.0. The van der Waals surface area contributed by atoms with E-state index in [0.29, 0.717) is 41.6 Å². The van der Waals surface area contributed by atoms with Gasteiger partial charge in [-0.1, -0.05) is 19.4 Å². The van der Waals surface area contributed by atoms with Crippen LogP contribution in [0.2, 0.25) is 0 Å². The van der Waals surface area contributed by atoms with E-state index in [-0.39, 0.29) is 12.0 Å². The highest BCUT2D eigenvalue weighted by Gasteiger charge is 2.45. The van der Waals surface area contributed by atoms with Crippen LogP contribution in [-0.2, 0) is 32.7 Å². The Bertz CT molecular complexity index is 841. The molecule has 1 N–H and O–H groups in total. The van der Waals surface area contributed by atoms with E-state index in [1.54, 1.807) is 6.92 Å². The topological polar surface area (TPSA) is 51.3 Å². The number of aromatic nitrogens is 1. The Morgan fingerprint density at radius 1 is 1.38 bits per heavy atom. The summed E-state index contributed by atoms with van der Waals surface area (Å²) < 4.78 is 52.1. The predicted octanol–water partition coefficient (Wildman–Crippen LogP) is 4.97. The minimum atomic E-state index is -4.46. The highest BCUT2D eigenvalue weighted by Crippen LogP contribution is 2.45. The summed E-state index contributed by atoms with van der Waals surface area (Å²) in [6.45, 7) is 5.22. The molecule has 0 bridgehead atoms. The number of H-pyrrole nitrogens is 1. The van der Waals surface area contributed by atoms with Crippen LogP contribution >= 0.6 is 0 Å². The quantitative estimate of drug-likeness (QED) is 0.774. The molecule has 26 heavy (non-hydrogen) atoms. The fraction of sp³-hybridized carbons (Fsp3) is 0.526. The summed E-state index contributed by atoms with van der Waals surface area (Å²) in [6, 6.07) is 2.56. The van der Waals surface area contributed by atoms with Gasteiger partial charge in [-0.25, -0.2) is 0 Å². The predicted molar refractivity (Wildman–Crippen MR) is 90.7 cm³/mol. The van der Waals surface area contributed by atoms with E-state index in [2.05, 4.69) is 4.98 Å². The third kappa shape index (κ3) is 3.09. The molecule has 0 aliphatic carbocycles. The molecule has 0 spiro atoms. The molecule has 3 rings (SSSR count). The van der Waals surface area contributed by atoms with Crippen molar-refractivity contribution in [3.8, 4) is 0 Å². The number of rotatable bonds is 4. The Labute approximate surface area is 149 Å². The number of fused-ring (bicyclic) bond motifs is 3. The van der Waals surface area contributed by atoms with E-state index in [4.69, 9.17) is 9.47 Å². The Morgan fingerprint density at radius 3 is 2.73 bits per heavy atom. The maximum Gasteiger partial charge on any atom is 0.417 e. The molecule has 7 heteroatoms. The van der Waals surface area contributed by atoms with Crippen molar-refractivity contribution < 1.29 is 27.4 Å². The van der Waals surface area contributed by atoms with Gasteiger partial charge < -0.3 is 14.5 Å². The third-order valence-corrected chi connectivity index (χ3v) is 4.81. The van der Waals surface area contributed by atoms with Gasteiger partial charge in [0.1, 0.15) is 0 Å². The Hall–Kier alpha value is -2.02. The van der Waals surface area contributed by atoms with Crippen molar-refractivity contribution in [2.24, 2.45) is 0 Å². The van der Waals surface area contributed by atoms with E-state index < -0.39 is 23.5 Å². The number of benzene rings is 1. The zero-order valence-electron chi connectivity index (χ0n) is 15.0. The number of aryl methyl sites for hydroxylation is 1. The van der Waals surface area contributed by atoms with Crippen molar-refractivity contribution in [1.82, 2.24) is 4.98 Å². The molecule has 0 fully saturated rings. The Morgan fingerprint density at radius 2 is 2.12 bits per heavy atom. The maximum atomic E-state index is 13.6. The molecule has 1 unspecified atom stereocenters. The number of aromatic amines is 1. The minimum Gasteiger partial charge on any atom is -0.427 e. The van der Waals surface area contributed by atoms with E-state index in [1.165, 1.54) is 13.0 Å². The standard InChI is InChI=1S/C19H22F3NO3/c1-4-5-9-18(26-12(3)24)17-13(8-10-25-18)15-14(19(20,21)22)7-6-11(2)16(15)23-17/h6-7,23H,4-5,8-10H2,1-3H3. The number of esters is 1. The van der Waals surface area contributed by atoms with Gasteiger partial charge in [0, 0.05) is 24.2 Å². The van der Waals surface area contributed by atoms with Gasteiger partial charge in [-0.3, -0.25) is 4.79 Å². The number of nitrogens with one attached hydrogen (secondary N) is 1. The fourth-order valence-corrected chi connectivity index (χ4v) is 3.68. The van der Waals surface area contributed by atoms with Crippen molar-refractivity contribution in [3.05, 3.63) is 34.5 Å². The Kier molecular flexibility index (Phi) is 4.77. The minimum absolute atomic E-state index is 0.156. The van der Waals surface area contributed by atoms with Gasteiger partial charge in [-0.2, -0.15) is 13.2 Å². The van der Waals surface area contributed by atoms with Crippen molar-refractivity contribution in [2.75, 3.05) is 6.61 Å². The van der Waals surface area contributed by atoms with Crippen molar-refractivity contribution in [1.29, 1.82) is 0 Å². The van der Waals surface area contributed by atoms with Crippen molar-refractivity contribution in [2.45, 2.75) is 58.4 Å². The molecule has 142 valence electrons. The molecule has 0 saturated heterocycles. The molecule has 2 heterocycles. The molecule has 0 saturated carbocycles. The number of unbranched alkanes of at least 4 members (excludes halogenated alkanes) is 1. The number of alkyl halides is 3. The van der Waals surface area contributed by atoms with Crippen LogP contribution in [0.15, 0.2) is 12.1 Å². The monoisotopic (exact) mass is 369 g/mol. The molecule has 1 aliphatic heterocycles. The number of hydrogen-bond donors (Lipinski definition) is 1. The van der Waals surface area contributed by atoms with Gasteiger partial charge in [0.25, 0.3) is 5.79 Å². The van der Waals surface area contributed by atoms with Crippen molar-refractivity contribution >= 4 is 16.9 Å². The second-order valence-electron chi connectivity index (χ2n) is 6.70. The summed E-state index contributed by atoms with van der Waals surface area (Å²) in [5, 5.41) is 0.156. The Balaban J connectivity index is 2.29. The van der Waals surface area contributed by atoms with E-state index in [0.717, 1.165) is 12.5 Å². The van der Waals surface area contributed by atoms with E-state index >= 15 is 0 Å². The summed E-state index contributed by atoms with van der Waals surface area (Å²) in [4.78, 5) is 14.8. The number of carbonyl (C=O) groups excluding carboxylic acids is 1. The smallest absolute Gasteiger partial charge is 0.417 e. The first-order valence-electron chi connectivity index (χ1n) is 8.75. The lowest BCUT2D eigenvalue weighted by Gasteiger charge is -2.36. The first kappa shape index (κ1) is 18.8. The lowest BCUT2D eigenvalue weighted by Crippen LogP contribution is -2.39. The van der Waals surface area contributed by atoms with Crippen LogP contribution in [0, 0.1) is 6.92 Å². The molecule has 2 aromatic rings. The lowest BCUT2D eigenvalue weighted by molar-refractivity contribution is -0.248. The van der Waals surface area contributed by atoms with Crippen LogP contribution in [0.4, 0.5) is 13.2 Å². The van der Waals surface area contributed by atoms with Crippen LogP contribution in [0.3, 0.4) is 0 Å². The summed E-state index contributed by atoms with van der Waals surface area (Å²) >= 11 is 0. The average Bonchev–Trinajstić information content (AvgIpc) is 2.94. The van der Waals surface area contributed by atoms with Gasteiger partial charge in [-0.15, -0.1) is 0 Å². The first-order chi connectivity index (χ1) is 12.2. The van der Waals surface area contributed by atoms with Crippen LogP contribution in [-0.4, -0.2) is 17.6 Å². The molecule has 4 nitrogen and oxygen atoms in total. The summed E-state index contributed by atoms with van der Waals surface area (Å²) in [5.74, 6) is -1.88.